The van der Waals surface area contributed by atoms with Crippen LogP contribution in [-0.4, -0.2) is 62.3 Å². The van der Waals surface area contributed by atoms with Crippen molar-refractivity contribution in [3.63, 3.8) is 0 Å². The highest BCUT2D eigenvalue weighted by Gasteiger charge is 2.16. The van der Waals surface area contributed by atoms with Crippen molar-refractivity contribution in [3.05, 3.63) is 60.3 Å². The van der Waals surface area contributed by atoms with Gasteiger partial charge in [0, 0.05) is 43.0 Å². The van der Waals surface area contributed by atoms with E-state index in [4.69, 9.17) is 10.5 Å². The standard InChI is InChI=1S/C22H22N8O2/c23-22-25-11-17(12-26-22)27-21(31)20-18-8-15(1-2-19(18)28-29-20)16-7-14(9-24-10-16)13-30-3-5-32-6-4-30/h1-2,7-12H,3-6,13H2,(H,27,31)(H,28,29)(H2,23,25,26). The molecule has 1 aliphatic heterocycles. The Bertz CT molecular complexity index is 1250. The summed E-state index contributed by atoms with van der Waals surface area (Å²) < 4.78 is 5.43. The Balaban J connectivity index is 1.40. The summed E-state index contributed by atoms with van der Waals surface area (Å²) in [5.74, 6) is -0.219. The van der Waals surface area contributed by atoms with E-state index in [1.54, 1.807) is 0 Å². The summed E-state index contributed by atoms with van der Waals surface area (Å²) in [5, 5.41) is 10.6. The van der Waals surface area contributed by atoms with Gasteiger partial charge in [0.05, 0.1) is 36.8 Å². The van der Waals surface area contributed by atoms with E-state index >= 15 is 0 Å². The molecule has 0 spiro atoms. The summed E-state index contributed by atoms with van der Waals surface area (Å²) in [6.45, 7) is 4.19. The first-order chi connectivity index (χ1) is 15.7. The fourth-order valence-electron chi connectivity index (χ4n) is 3.71. The Hall–Kier alpha value is -3.89. The van der Waals surface area contributed by atoms with E-state index < -0.39 is 0 Å². The molecular weight excluding hydrogens is 408 g/mol. The largest absolute Gasteiger partial charge is 0.379 e. The Labute approximate surface area is 183 Å². The minimum absolute atomic E-state index is 0.141. The summed E-state index contributed by atoms with van der Waals surface area (Å²) >= 11 is 0. The summed E-state index contributed by atoms with van der Waals surface area (Å²) in [5.41, 5.74) is 10.1. The third kappa shape index (κ3) is 4.27. The van der Waals surface area contributed by atoms with Gasteiger partial charge in [-0.3, -0.25) is 19.8 Å². The average Bonchev–Trinajstić information content (AvgIpc) is 3.25. The number of amides is 1. The normalized spacial score (nSPS) is 14.5. The number of aromatic nitrogens is 5. The number of carbonyl (C=O) groups is 1. The van der Waals surface area contributed by atoms with Crippen LogP contribution in [0.1, 0.15) is 16.1 Å². The van der Waals surface area contributed by atoms with Gasteiger partial charge >= 0.3 is 0 Å². The van der Waals surface area contributed by atoms with E-state index in [-0.39, 0.29) is 17.5 Å². The number of rotatable bonds is 5. The topological polar surface area (TPSA) is 135 Å². The first-order valence-corrected chi connectivity index (χ1v) is 10.3. The lowest BCUT2D eigenvalue weighted by atomic mass is 10.0. The Morgan fingerprint density at radius 3 is 2.72 bits per heavy atom. The molecule has 10 heteroatoms. The summed E-state index contributed by atoms with van der Waals surface area (Å²) in [4.78, 5) is 27.3. The van der Waals surface area contributed by atoms with Crippen molar-refractivity contribution in [3.8, 4) is 11.1 Å². The third-order valence-electron chi connectivity index (χ3n) is 5.35. The molecule has 0 radical (unpaired) electrons. The van der Waals surface area contributed by atoms with Gasteiger partial charge in [0.25, 0.3) is 5.91 Å². The number of morpholine rings is 1. The number of benzene rings is 1. The first-order valence-electron chi connectivity index (χ1n) is 10.3. The molecule has 4 N–H and O–H groups in total. The van der Waals surface area contributed by atoms with Crippen LogP contribution in [0.3, 0.4) is 0 Å². The maximum atomic E-state index is 12.8. The number of anilines is 2. The van der Waals surface area contributed by atoms with E-state index in [1.165, 1.54) is 12.4 Å². The maximum Gasteiger partial charge on any atom is 0.276 e. The molecule has 0 unspecified atom stereocenters. The molecule has 0 saturated carbocycles. The Morgan fingerprint density at radius 1 is 1.09 bits per heavy atom. The Morgan fingerprint density at radius 2 is 1.91 bits per heavy atom. The molecular formula is C22H22N8O2. The summed E-state index contributed by atoms with van der Waals surface area (Å²) in [6.07, 6.45) is 6.62. The number of H-pyrrole nitrogens is 1. The molecule has 4 aromatic rings. The molecule has 5 rings (SSSR count). The maximum absolute atomic E-state index is 12.8. The highest BCUT2D eigenvalue weighted by molar-refractivity contribution is 6.11. The number of nitrogen functional groups attached to an aromatic ring is 1. The smallest absolute Gasteiger partial charge is 0.276 e. The van der Waals surface area contributed by atoms with Gasteiger partial charge in [-0.1, -0.05) is 6.07 Å². The summed E-state index contributed by atoms with van der Waals surface area (Å²) in [7, 11) is 0. The van der Waals surface area contributed by atoms with Gasteiger partial charge in [-0.15, -0.1) is 0 Å². The number of carbonyl (C=O) groups excluding carboxylic acids is 1. The number of nitrogens with two attached hydrogens (primary N) is 1. The van der Waals surface area contributed by atoms with E-state index in [1.807, 2.05) is 30.6 Å². The molecule has 10 nitrogen and oxygen atoms in total. The lowest BCUT2D eigenvalue weighted by Gasteiger charge is -2.26. The highest BCUT2D eigenvalue weighted by Crippen LogP contribution is 2.26. The van der Waals surface area contributed by atoms with E-state index in [2.05, 4.69) is 41.4 Å². The second kappa shape index (κ2) is 8.69. The van der Waals surface area contributed by atoms with Gasteiger partial charge in [-0.05, 0) is 29.3 Å². The van der Waals surface area contributed by atoms with Gasteiger partial charge in [0.15, 0.2) is 5.69 Å². The molecule has 1 aliphatic rings. The van der Waals surface area contributed by atoms with Crippen molar-refractivity contribution in [2.45, 2.75) is 6.54 Å². The number of hydrogen-bond donors (Lipinski definition) is 3. The number of fused-ring (bicyclic) bond motifs is 1. The zero-order valence-corrected chi connectivity index (χ0v) is 17.3. The summed E-state index contributed by atoms with van der Waals surface area (Å²) in [6, 6.07) is 7.99. The fourth-order valence-corrected chi connectivity index (χ4v) is 3.71. The van der Waals surface area contributed by atoms with Crippen LogP contribution < -0.4 is 11.1 Å². The minimum atomic E-state index is -0.360. The molecule has 162 valence electrons. The third-order valence-corrected chi connectivity index (χ3v) is 5.35. The van der Waals surface area contributed by atoms with Crippen molar-refractivity contribution >= 4 is 28.4 Å². The number of aromatic amines is 1. The van der Waals surface area contributed by atoms with Crippen molar-refractivity contribution in [1.29, 1.82) is 0 Å². The molecule has 1 fully saturated rings. The van der Waals surface area contributed by atoms with E-state index in [9.17, 15) is 4.79 Å². The van der Waals surface area contributed by atoms with Crippen molar-refractivity contribution in [2.75, 3.05) is 37.4 Å². The predicted octanol–water partition coefficient (Wildman–Crippen LogP) is 2.08. The quantitative estimate of drug-likeness (QED) is 0.438. The fraction of sp³-hybridized carbons (Fsp3) is 0.227. The van der Waals surface area contributed by atoms with Gasteiger partial charge < -0.3 is 15.8 Å². The van der Waals surface area contributed by atoms with Gasteiger partial charge in [-0.2, -0.15) is 5.10 Å². The van der Waals surface area contributed by atoms with Crippen LogP contribution >= 0.6 is 0 Å². The second-order valence-electron chi connectivity index (χ2n) is 7.59. The average molecular weight is 430 g/mol. The number of nitrogens with zero attached hydrogens (tertiary/aromatic N) is 5. The lowest BCUT2D eigenvalue weighted by molar-refractivity contribution is 0.0341. The molecule has 3 aromatic heterocycles. The van der Waals surface area contributed by atoms with Crippen LogP contribution in [0.25, 0.3) is 22.0 Å². The molecule has 0 aliphatic carbocycles. The SMILES string of the molecule is Nc1ncc(NC(=O)c2n[nH]c3ccc(-c4cncc(CN5CCOCC5)c4)cc23)cn1. The first kappa shape index (κ1) is 20.0. The van der Waals surface area contributed by atoms with Gasteiger partial charge in [0.2, 0.25) is 5.95 Å². The van der Waals surface area contributed by atoms with Crippen LogP contribution in [-0.2, 0) is 11.3 Å². The number of nitrogens with one attached hydrogen (secondary N) is 2. The van der Waals surface area contributed by atoms with Crippen molar-refractivity contribution < 1.29 is 9.53 Å². The number of hydrogen-bond acceptors (Lipinski definition) is 8. The Kier molecular flexibility index (Phi) is 5.44. The predicted molar refractivity (Wildman–Crippen MR) is 120 cm³/mol. The molecule has 1 aromatic carbocycles. The van der Waals surface area contributed by atoms with E-state index in [0.29, 0.717) is 5.69 Å². The van der Waals surface area contributed by atoms with E-state index in [0.717, 1.165) is 60.4 Å². The number of pyridine rings is 1. The second-order valence-corrected chi connectivity index (χ2v) is 7.59. The molecule has 0 atom stereocenters. The van der Waals surface area contributed by atoms with Crippen LogP contribution in [0.4, 0.5) is 11.6 Å². The zero-order valence-electron chi connectivity index (χ0n) is 17.3. The monoisotopic (exact) mass is 430 g/mol. The van der Waals surface area contributed by atoms with Crippen LogP contribution in [0.5, 0.6) is 0 Å². The van der Waals surface area contributed by atoms with Crippen molar-refractivity contribution in [2.24, 2.45) is 0 Å². The molecule has 1 saturated heterocycles. The van der Waals surface area contributed by atoms with Crippen molar-refractivity contribution in [1.82, 2.24) is 30.0 Å². The lowest BCUT2D eigenvalue weighted by Crippen LogP contribution is -2.35. The molecule has 0 bridgehead atoms. The molecule has 32 heavy (non-hydrogen) atoms. The molecule has 4 heterocycles. The highest BCUT2D eigenvalue weighted by atomic mass is 16.5. The van der Waals surface area contributed by atoms with Gasteiger partial charge in [-0.25, -0.2) is 9.97 Å². The zero-order chi connectivity index (χ0) is 21.9. The van der Waals surface area contributed by atoms with Crippen LogP contribution in [0.15, 0.2) is 49.1 Å². The molecule has 1 amide bonds. The van der Waals surface area contributed by atoms with Gasteiger partial charge in [0.1, 0.15) is 0 Å². The number of ether oxygens (including phenoxy) is 1. The van der Waals surface area contributed by atoms with Crippen LogP contribution in [0.2, 0.25) is 0 Å². The van der Waals surface area contributed by atoms with Crippen LogP contribution in [0, 0.1) is 0 Å². The minimum Gasteiger partial charge on any atom is -0.379 e.